The number of furan rings is 1. The largest absolute Gasteiger partial charge is 0.459 e. The summed E-state index contributed by atoms with van der Waals surface area (Å²) in [5, 5.41) is 5.69. The normalized spacial score (nSPS) is 12.1. The number of aryl methyl sites for hydroxylation is 1. The molecule has 0 aliphatic carbocycles. The van der Waals surface area contributed by atoms with Crippen molar-refractivity contribution in [2.75, 3.05) is 0 Å². The van der Waals surface area contributed by atoms with Crippen LogP contribution in [0.2, 0.25) is 5.02 Å². The van der Waals surface area contributed by atoms with Crippen molar-refractivity contribution in [2.24, 2.45) is 0 Å². The van der Waals surface area contributed by atoms with Crippen LogP contribution in [0.5, 0.6) is 0 Å². The summed E-state index contributed by atoms with van der Waals surface area (Å²) >= 11 is 7.54. The van der Waals surface area contributed by atoms with Crippen LogP contribution in [0, 0.1) is 6.92 Å². The van der Waals surface area contributed by atoms with Gasteiger partial charge in [-0.3, -0.25) is 4.79 Å². The maximum atomic E-state index is 12.4. The van der Waals surface area contributed by atoms with Gasteiger partial charge in [-0.25, -0.2) is 0 Å². The molecule has 0 aliphatic heterocycles. The molecule has 2 aromatic heterocycles. The van der Waals surface area contributed by atoms with Crippen LogP contribution in [0.25, 0.3) is 0 Å². The van der Waals surface area contributed by atoms with E-state index in [0.29, 0.717) is 10.8 Å². The number of hydrogen-bond donors (Lipinski definition) is 1. The summed E-state index contributed by atoms with van der Waals surface area (Å²) in [7, 11) is 0. The molecule has 0 radical (unpaired) electrons. The maximum Gasteiger partial charge on any atom is 0.288 e. The van der Waals surface area contributed by atoms with E-state index in [4.69, 9.17) is 16.0 Å². The second kappa shape index (κ2) is 6.38. The summed E-state index contributed by atoms with van der Waals surface area (Å²) in [6, 6.07) is 13.0. The summed E-state index contributed by atoms with van der Waals surface area (Å²) in [5.41, 5.74) is 1.79. The molecule has 3 aromatic rings. The summed E-state index contributed by atoms with van der Waals surface area (Å²) in [6.07, 6.45) is 1.52. The molecule has 5 heteroatoms. The molecule has 1 amide bonds. The Labute approximate surface area is 137 Å². The Morgan fingerprint density at radius 2 is 2.00 bits per heavy atom. The SMILES string of the molecule is Cc1ccoc1C(=O)N[C@H](c1ccc(Cl)cc1)c1cccs1. The van der Waals surface area contributed by atoms with E-state index in [0.717, 1.165) is 16.0 Å². The van der Waals surface area contributed by atoms with E-state index in [9.17, 15) is 4.79 Å². The van der Waals surface area contributed by atoms with Gasteiger partial charge in [-0.1, -0.05) is 29.8 Å². The number of rotatable bonds is 4. The van der Waals surface area contributed by atoms with Gasteiger partial charge in [0.05, 0.1) is 12.3 Å². The van der Waals surface area contributed by atoms with Gasteiger partial charge in [-0.15, -0.1) is 11.3 Å². The van der Waals surface area contributed by atoms with E-state index in [1.165, 1.54) is 6.26 Å². The molecule has 3 nitrogen and oxygen atoms in total. The summed E-state index contributed by atoms with van der Waals surface area (Å²) in [4.78, 5) is 13.5. The fourth-order valence-electron chi connectivity index (χ4n) is 2.23. The van der Waals surface area contributed by atoms with Crippen molar-refractivity contribution in [1.82, 2.24) is 5.32 Å². The lowest BCUT2D eigenvalue weighted by atomic mass is 10.1. The topological polar surface area (TPSA) is 42.2 Å². The molecule has 22 heavy (non-hydrogen) atoms. The Bertz CT molecular complexity index is 762. The van der Waals surface area contributed by atoms with E-state index in [2.05, 4.69) is 5.32 Å². The molecule has 0 unspecified atom stereocenters. The molecule has 0 saturated heterocycles. The standard InChI is InChI=1S/C17H14ClNO2S/c1-11-8-9-21-16(11)17(20)19-15(14-3-2-10-22-14)12-4-6-13(18)7-5-12/h2-10,15H,1H3,(H,19,20)/t15-/m1/s1. The van der Waals surface area contributed by atoms with E-state index in [-0.39, 0.29) is 11.9 Å². The number of benzene rings is 1. The molecular weight excluding hydrogens is 318 g/mol. The predicted octanol–water partition coefficient (Wildman–Crippen LogP) is 4.82. The number of halogens is 1. The third kappa shape index (κ3) is 3.08. The quantitative estimate of drug-likeness (QED) is 0.744. The van der Waals surface area contributed by atoms with Gasteiger partial charge in [-0.2, -0.15) is 0 Å². The molecule has 1 aromatic carbocycles. The zero-order valence-corrected chi connectivity index (χ0v) is 13.4. The second-order valence-electron chi connectivity index (χ2n) is 4.91. The number of nitrogens with one attached hydrogen (secondary N) is 1. The Kier molecular flexibility index (Phi) is 4.32. The van der Waals surface area contributed by atoms with E-state index in [1.54, 1.807) is 17.4 Å². The first kappa shape index (κ1) is 14.9. The van der Waals surface area contributed by atoms with E-state index >= 15 is 0 Å². The lowest BCUT2D eigenvalue weighted by molar-refractivity contribution is 0.0914. The van der Waals surface area contributed by atoms with Crippen LogP contribution < -0.4 is 5.32 Å². The van der Waals surface area contributed by atoms with E-state index < -0.39 is 0 Å². The van der Waals surface area contributed by atoms with Crippen LogP contribution in [0.1, 0.15) is 32.6 Å². The van der Waals surface area contributed by atoms with Gasteiger partial charge in [-0.05, 0) is 42.1 Å². The van der Waals surface area contributed by atoms with Gasteiger partial charge in [0.25, 0.3) is 5.91 Å². The van der Waals surface area contributed by atoms with Crippen LogP contribution in [0.3, 0.4) is 0 Å². The minimum atomic E-state index is -0.228. The first-order valence-electron chi connectivity index (χ1n) is 6.79. The molecule has 0 fully saturated rings. The molecule has 1 N–H and O–H groups in total. The molecular formula is C17H14ClNO2S. The van der Waals surface area contributed by atoms with Gasteiger partial charge < -0.3 is 9.73 Å². The zero-order valence-electron chi connectivity index (χ0n) is 11.9. The highest BCUT2D eigenvalue weighted by Crippen LogP contribution is 2.27. The number of amides is 1. The summed E-state index contributed by atoms with van der Waals surface area (Å²) in [6.45, 7) is 1.85. The van der Waals surface area contributed by atoms with Crippen molar-refractivity contribution in [3.63, 3.8) is 0 Å². The molecule has 112 valence electrons. The Balaban J connectivity index is 1.91. The van der Waals surface area contributed by atoms with Crippen molar-refractivity contribution in [2.45, 2.75) is 13.0 Å². The highest BCUT2D eigenvalue weighted by atomic mass is 35.5. The van der Waals surface area contributed by atoms with Crippen molar-refractivity contribution in [3.05, 3.63) is 80.9 Å². The monoisotopic (exact) mass is 331 g/mol. The summed E-state index contributed by atoms with van der Waals surface area (Å²) < 4.78 is 5.27. The first-order valence-corrected chi connectivity index (χ1v) is 8.05. The van der Waals surface area contributed by atoms with Gasteiger partial charge in [0.1, 0.15) is 0 Å². The Hall–Kier alpha value is -2.04. The second-order valence-corrected chi connectivity index (χ2v) is 6.32. The van der Waals surface area contributed by atoms with E-state index in [1.807, 2.05) is 48.7 Å². The van der Waals surface area contributed by atoms with Crippen LogP contribution >= 0.6 is 22.9 Å². The van der Waals surface area contributed by atoms with Crippen LogP contribution in [-0.4, -0.2) is 5.91 Å². The lowest BCUT2D eigenvalue weighted by Gasteiger charge is -2.17. The van der Waals surface area contributed by atoms with Gasteiger partial charge in [0, 0.05) is 15.5 Å². The smallest absolute Gasteiger partial charge is 0.288 e. The lowest BCUT2D eigenvalue weighted by Crippen LogP contribution is -2.28. The van der Waals surface area contributed by atoms with Crippen molar-refractivity contribution >= 4 is 28.8 Å². The molecule has 1 atom stereocenters. The van der Waals surface area contributed by atoms with Gasteiger partial charge >= 0.3 is 0 Å². The Morgan fingerprint density at radius 3 is 2.59 bits per heavy atom. The third-order valence-electron chi connectivity index (χ3n) is 3.37. The summed E-state index contributed by atoms with van der Waals surface area (Å²) in [5.74, 6) is 0.117. The highest BCUT2D eigenvalue weighted by Gasteiger charge is 2.21. The number of carbonyl (C=O) groups is 1. The average molecular weight is 332 g/mol. The molecule has 3 rings (SSSR count). The van der Waals surface area contributed by atoms with Crippen LogP contribution in [0.4, 0.5) is 0 Å². The minimum Gasteiger partial charge on any atom is -0.459 e. The maximum absolute atomic E-state index is 12.4. The highest BCUT2D eigenvalue weighted by molar-refractivity contribution is 7.10. The predicted molar refractivity (Wildman–Crippen MR) is 88.5 cm³/mol. The number of thiophene rings is 1. The van der Waals surface area contributed by atoms with Crippen molar-refractivity contribution in [3.8, 4) is 0 Å². The molecule has 0 saturated carbocycles. The number of carbonyl (C=O) groups excluding carboxylic acids is 1. The van der Waals surface area contributed by atoms with Crippen LogP contribution in [0.15, 0.2) is 58.5 Å². The zero-order chi connectivity index (χ0) is 15.5. The molecule has 0 bridgehead atoms. The molecule has 0 spiro atoms. The fourth-order valence-corrected chi connectivity index (χ4v) is 3.16. The molecule has 2 heterocycles. The van der Waals surface area contributed by atoms with Crippen molar-refractivity contribution in [1.29, 1.82) is 0 Å². The van der Waals surface area contributed by atoms with Gasteiger partial charge in [0.15, 0.2) is 5.76 Å². The first-order chi connectivity index (χ1) is 10.6. The third-order valence-corrected chi connectivity index (χ3v) is 4.56. The van der Waals surface area contributed by atoms with Crippen molar-refractivity contribution < 1.29 is 9.21 Å². The Morgan fingerprint density at radius 1 is 1.23 bits per heavy atom. The minimum absolute atomic E-state index is 0.226. The number of hydrogen-bond acceptors (Lipinski definition) is 3. The van der Waals surface area contributed by atoms with Crippen LogP contribution in [-0.2, 0) is 0 Å². The fraction of sp³-hybridized carbons (Fsp3) is 0.118. The average Bonchev–Trinajstić information content (AvgIpc) is 3.17. The van der Waals surface area contributed by atoms with Gasteiger partial charge in [0.2, 0.25) is 0 Å². The molecule has 0 aliphatic rings.